The Bertz CT molecular complexity index is 554. The Morgan fingerprint density at radius 3 is 2.50 bits per heavy atom. The summed E-state index contributed by atoms with van der Waals surface area (Å²) in [5.41, 5.74) is 1.63. The van der Waals surface area contributed by atoms with Crippen molar-refractivity contribution in [1.82, 2.24) is 0 Å². The summed E-state index contributed by atoms with van der Waals surface area (Å²) in [6.07, 6.45) is 0.515. The summed E-state index contributed by atoms with van der Waals surface area (Å²) in [6.45, 7) is 0. The number of hydrogen-bond acceptors (Lipinski definition) is 0. The van der Waals surface area contributed by atoms with Crippen LogP contribution >= 0.6 is 34.8 Å². The lowest BCUT2D eigenvalue weighted by Gasteiger charge is -2.12. The van der Waals surface area contributed by atoms with E-state index in [1.807, 2.05) is 6.07 Å². The van der Waals surface area contributed by atoms with Gasteiger partial charge >= 0.3 is 0 Å². The molecule has 0 N–H and O–H groups in total. The molecule has 2 aromatic carbocycles. The van der Waals surface area contributed by atoms with Gasteiger partial charge in [-0.25, -0.2) is 4.39 Å². The first-order valence-electron chi connectivity index (χ1n) is 5.40. The van der Waals surface area contributed by atoms with Crippen molar-refractivity contribution in [3.05, 3.63) is 69.5 Å². The third kappa shape index (κ3) is 3.38. The van der Waals surface area contributed by atoms with Crippen LogP contribution in [0.1, 0.15) is 16.5 Å². The lowest BCUT2D eigenvalue weighted by molar-refractivity contribution is 0.625. The molecule has 0 fully saturated rings. The minimum atomic E-state index is -0.309. The first-order valence-corrected chi connectivity index (χ1v) is 6.59. The van der Waals surface area contributed by atoms with Gasteiger partial charge in [-0.3, -0.25) is 0 Å². The SMILES string of the molecule is Fc1cccc(CC(Cl)c2ccc(Cl)cc2Cl)c1. The lowest BCUT2D eigenvalue weighted by atomic mass is 10.0. The summed E-state index contributed by atoms with van der Waals surface area (Å²) < 4.78 is 13.1. The monoisotopic (exact) mass is 302 g/mol. The average Bonchev–Trinajstić information content (AvgIpc) is 2.28. The number of hydrogen-bond donors (Lipinski definition) is 0. The predicted molar refractivity (Wildman–Crippen MR) is 75.2 cm³/mol. The topological polar surface area (TPSA) is 0 Å². The highest BCUT2D eigenvalue weighted by atomic mass is 35.5. The lowest BCUT2D eigenvalue weighted by Crippen LogP contribution is -1.97. The Hall–Kier alpha value is -0.760. The van der Waals surface area contributed by atoms with Gasteiger partial charge in [0.25, 0.3) is 0 Å². The van der Waals surface area contributed by atoms with Crippen molar-refractivity contribution in [3.63, 3.8) is 0 Å². The smallest absolute Gasteiger partial charge is 0.123 e. The Morgan fingerprint density at radius 2 is 1.83 bits per heavy atom. The molecule has 0 heterocycles. The van der Waals surface area contributed by atoms with E-state index in [0.717, 1.165) is 11.1 Å². The second-order valence-electron chi connectivity index (χ2n) is 3.97. The molecule has 0 radical (unpaired) electrons. The van der Waals surface area contributed by atoms with E-state index in [4.69, 9.17) is 34.8 Å². The molecular formula is C14H10Cl3F. The van der Waals surface area contributed by atoms with Crippen LogP contribution in [-0.4, -0.2) is 0 Å². The summed E-state index contributed by atoms with van der Waals surface area (Å²) in [4.78, 5) is 0. The molecular weight excluding hydrogens is 294 g/mol. The van der Waals surface area contributed by atoms with E-state index < -0.39 is 0 Å². The van der Waals surface area contributed by atoms with E-state index in [-0.39, 0.29) is 11.2 Å². The molecule has 18 heavy (non-hydrogen) atoms. The standard InChI is InChI=1S/C14H10Cl3F/c15-10-4-5-12(14(17)8-10)13(16)7-9-2-1-3-11(18)6-9/h1-6,8,13H,7H2. The summed E-state index contributed by atoms with van der Waals surface area (Å²) in [5, 5.41) is 0.786. The van der Waals surface area contributed by atoms with Crippen LogP contribution in [0.5, 0.6) is 0 Å². The fourth-order valence-corrected chi connectivity index (χ4v) is 2.70. The maximum absolute atomic E-state index is 13.1. The molecule has 0 aliphatic heterocycles. The Kier molecular flexibility index (Phi) is 4.50. The molecule has 0 saturated heterocycles. The van der Waals surface area contributed by atoms with Gasteiger partial charge in [0, 0.05) is 10.0 Å². The van der Waals surface area contributed by atoms with Gasteiger partial charge < -0.3 is 0 Å². The summed E-state index contributed by atoms with van der Waals surface area (Å²) in [6, 6.07) is 11.6. The van der Waals surface area contributed by atoms with Crippen molar-refractivity contribution in [2.45, 2.75) is 11.8 Å². The molecule has 0 aromatic heterocycles. The summed E-state index contributed by atoms with van der Waals surface area (Å²) >= 11 is 18.2. The molecule has 0 aliphatic carbocycles. The van der Waals surface area contributed by atoms with E-state index in [2.05, 4.69) is 0 Å². The van der Waals surface area contributed by atoms with Crippen molar-refractivity contribution in [3.8, 4) is 0 Å². The molecule has 2 rings (SSSR count). The largest absolute Gasteiger partial charge is 0.207 e. The zero-order chi connectivity index (χ0) is 13.1. The van der Waals surface area contributed by atoms with Gasteiger partial charge in [-0.2, -0.15) is 0 Å². The molecule has 0 amide bonds. The van der Waals surface area contributed by atoms with Crippen LogP contribution in [0.25, 0.3) is 0 Å². The fraction of sp³-hybridized carbons (Fsp3) is 0.143. The highest BCUT2D eigenvalue weighted by Gasteiger charge is 2.13. The summed E-state index contributed by atoms with van der Waals surface area (Å²) in [5.74, 6) is -0.265. The number of halogens is 4. The van der Waals surface area contributed by atoms with Crippen molar-refractivity contribution in [2.24, 2.45) is 0 Å². The van der Waals surface area contributed by atoms with Crippen LogP contribution < -0.4 is 0 Å². The van der Waals surface area contributed by atoms with Gasteiger partial charge in [0.2, 0.25) is 0 Å². The third-order valence-electron chi connectivity index (χ3n) is 2.60. The highest BCUT2D eigenvalue weighted by molar-refractivity contribution is 6.35. The maximum Gasteiger partial charge on any atom is 0.123 e. The second-order valence-corrected chi connectivity index (χ2v) is 5.34. The molecule has 4 heteroatoms. The van der Waals surface area contributed by atoms with Gasteiger partial charge in [-0.1, -0.05) is 41.4 Å². The fourth-order valence-electron chi connectivity index (χ4n) is 1.74. The van der Waals surface area contributed by atoms with E-state index in [9.17, 15) is 4.39 Å². The summed E-state index contributed by atoms with van der Waals surface area (Å²) in [7, 11) is 0. The van der Waals surface area contributed by atoms with Crippen molar-refractivity contribution in [2.75, 3.05) is 0 Å². The van der Waals surface area contributed by atoms with Gasteiger partial charge in [-0.05, 0) is 41.8 Å². The van der Waals surface area contributed by atoms with E-state index in [1.165, 1.54) is 12.1 Å². The van der Waals surface area contributed by atoms with Crippen LogP contribution in [0.3, 0.4) is 0 Å². The minimum Gasteiger partial charge on any atom is -0.207 e. The van der Waals surface area contributed by atoms with Gasteiger partial charge in [0.05, 0.1) is 5.38 Å². The maximum atomic E-state index is 13.1. The molecule has 94 valence electrons. The average molecular weight is 304 g/mol. The molecule has 1 atom stereocenters. The van der Waals surface area contributed by atoms with Gasteiger partial charge in [0.1, 0.15) is 5.82 Å². The first kappa shape index (κ1) is 13.7. The zero-order valence-corrected chi connectivity index (χ0v) is 11.6. The second kappa shape index (κ2) is 5.92. The van der Waals surface area contributed by atoms with E-state index >= 15 is 0 Å². The number of benzene rings is 2. The predicted octanol–water partition coefficient (Wildman–Crippen LogP) is 5.66. The molecule has 1 unspecified atom stereocenters. The van der Waals surface area contributed by atoms with Crippen LogP contribution in [0, 0.1) is 5.82 Å². The van der Waals surface area contributed by atoms with E-state index in [1.54, 1.807) is 24.3 Å². The minimum absolute atomic E-state index is 0.265. The molecule has 0 nitrogen and oxygen atoms in total. The van der Waals surface area contributed by atoms with Crippen molar-refractivity contribution < 1.29 is 4.39 Å². The molecule has 0 spiro atoms. The van der Waals surface area contributed by atoms with Gasteiger partial charge in [0.15, 0.2) is 0 Å². The first-order chi connectivity index (χ1) is 8.56. The van der Waals surface area contributed by atoms with Gasteiger partial charge in [-0.15, -0.1) is 11.6 Å². The highest BCUT2D eigenvalue weighted by Crippen LogP contribution is 2.32. The zero-order valence-electron chi connectivity index (χ0n) is 9.34. The normalized spacial score (nSPS) is 12.4. The quantitative estimate of drug-likeness (QED) is 0.642. The molecule has 0 bridgehead atoms. The van der Waals surface area contributed by atoms with Crippen LogP contribution in [0.2, 0.25) is 10.0 Å². The Morgan fingerprint density at radius 1 is 1.06 bits per heavy atom. The van der Waals surface area contributed by atoms with Crippen LogP contribution in [-0.2, 0) is 6.42 Å². The van der Waals surface area contributed by atoms with Crippen LogP contribution in [0.4, 0.5) is 4.39 Å². The van der Waals surface area contributed by atoms with E-state index in [0.29, 0.717) is 16.5 Å². The van der Waals surface area contributed by atoms with Crippen molar-refractivity contribution >= 4 is 34.8 Å². The molecule has 0 aliphatic rings. The Labute approximate surface area is 120 Å². The van der Waals surface area contributed by atoms with Crippen molar-refractivity contribution in [1.29, 1.82) is 0 Å². The number of rotatable bonds is 3. The Balaban J connectivity index is 2.19. The molecule has 0 saturated carbocycles. The van der Waals surface area contributed by atoms with Crippen LogP contribution in [0.15, 0.2) is 42.5 Å². The molecule has 2 aromatic rings. The number of alkyl halides is 1. The third-order valence-corrected chi connectivity index (χ3v) is 3.56.